The van der Waals surface area contributed by atoms with E-state index in [1.54, 1.807) is 0 Å². The highest BCUT2D eigenvalue weighted by atomic mass is 32.2. The predicted octanol–water partition coefficient (Wildman–Crippen LogP) is 11.3. The van der Waals surface area contributed by atoms with Crippen molar-refractivity contribution in [3.05, 3.63) is 222 Å². The number of hydrogen-bond acceptors (Lipinski definition) is 2. The summed E-state index contributed by atoms with van der Waals surface area (Å²) in [5, 5.41) is 2.79. The smallest absolute Gasteiger partial charge is 0.125 e. The first-order valence-corrected chi connectivity index (χ1v) is 19.6. The van der Waals surface area contributed by atoms with Crippen LogP contribution in [0.3, 0.4) is 0 Å². The highest BCUT2D eigenvalue weighted by Crippen LogP contribution is 2.56. The maximum Gasteiger partial charge on any atom is 0.125 e. The molecule has 0 amide bonds. The Hall–Kier alpha value is -5.87. The van der Waals surface area contributed by atoms with Crippen molar-refractivity contribution >= 4 is 48.7 Å². The zero-order valence-electron chi connectivity index (χ0n) is 28.4. The highest BCUT2D eigenvalue weighted by molar-refractivity contribution is 7.99. The molecule has 1 spiro atoms. The van der Waals surface area contributed by atoms with Crippen LogP contribution in [0.25, 0.3) is 22.3 Å². The topological polar surface area (TPSA) is 3.24 Å². The molecule has 8 aromatic rings. The van der Waals surface area contributed by atoms with Gasteiger partial charge in [-0.3, -0.25) is 0 Å². The monoisotopic (exact) mass is 695 g/mol. The molecule has 0 atom stereocenters. The summed E-state index contributed by atoms with van der Waals surface area (Å²) in [4.78, 5) is 5.12. The van der Waals surface area contributed by atoms with E-state index in [0.717, 1.165) is 11.4 Å². The minimum atomic E-state index is -0.439. The fourth-order valence-corrected chi connectivity index (χ4v) is 11.0. The van der Waals surface area contributed by atoms with Gasteiger partial charge in [-0.15, -0.1) is 0 Å². The van der Waals surface area contributed by atoms with Crippen molar-refractivity contribution in [2.75, 3.05) is 4.90 Å². The minimum Gasteiger partial charge on any atom is -0.311 e. The van der Waals surface area contributed by atoms with E-state index in [-0.39, 0.29) is 0 Å². The van der Waals surface area contributed by atoms with E-state index < -0.39 is 5.41 Å². The minimum absolute atomic E-state index is 0.439. The normalized spacial score (nSPS) is 13.4. The van der Waals surface area contributed by atoms with Crippen LogP contribution in [0.4, 0.5) is 17.1 Å². The zero-order chi connectivity index (χ0) is 34.5. The number of anilines is 3. The average molecular weight is 696 g/mol. The third-order valence-electron chi connectivity index (χ3n) is 10.5. The van der Waals surface area contributed by atoms with Crippen molar-refractivity contribution < 1.29 is 0 Å². The number of fused-ring (bicyclic) bond motifs is 8. The van der Waals surface area contributed by atoms with Crippen molar-refractivity contribution in [1.29, 1.82) is 0 Å². The second-order valence-corrected chi connectivity index (χ2v) is 15.7. The quantitative estimate of drug-likeness (QED) is 0.165. The SMILES string of the molecule is c1ccc(-c2ccc(N(c3ccc(-c4ccccc4)cc3)c3cccc4c3[Si]c3ccccc3C43c4ccccc4Sc4ccccc43)cc2)cc1. The van der Waals surface area contributed by atoms with Crippen molar-refractivity contribution in [2.45, 2.75) is 15.2 Å². The molecule has 0 fully saturated rings. The Bertz CT molecular complexity index is 2420. The highest BCUT2D eigenvalue weighted by Gasteiger charge is 2.49. The number of benzene rings is 8. The summed E-state index contributed by atoms with van der Waals surface area (Å²) < 4.78 is 0. The molecule has 2 aliphatic rings. The van der Waals surface area contributed by atoms with E-state index in [2.05, 4.69) is 205 Å². The van der Waals surface area contributed by atoms with Gasteiger partial charge in [0.1, 0.15) is 9.52 Å². The standard InChI is InChI=1S/C49H33NSSi/c1-3-14-34(15-4-1)36-26-30-38(31-27-36)50(39-32-28-37(29-33-39)35-16-5-2-6-17-35)44-22-13-21-43-48(44)52-47-25-12-9-20-42(47)49(43)40-18-7-10-23-45(40)51-46-24-11-8-19-41(46)49/h1-33H. The molecular weight excluding hydrogens is 663 g/mol. The Morgan fingerprint density at radius 3 is 1.37 bits per heavy atom. The molecule has 0 N–H and O–H groups in total. The van der Waals surface area contributed by atoms with E-state index in [1.165, 1.54) is 70.4 Å². The fourth-order valence-electron chi connectivity index (χ4n) is 8.24. The van der Waals surface area contributed by atoms with Crippen LogP contribution in [0, 0.1) is 0 Å². The Labute approximate surface area is 312 Å². The molecular formula is C49H33NSSi. The van der Waals surface area contributed by atoms with Gasteiger partial charge in [0.15, 0.2) is 0 Å². The predicted molar refractivity (Wildman–Crippen MR) is 219 cm³/mol. The van der Waals surface area contributed by atoms with Gasteiger partial charge >= 0.3 is 0 Å². The Morgan fingerprint density at radius 2 is 0.808 bits per heavy atom. The third kappa shape index (κ3) is 4.92. The molecule has 1 nitrogen and oxygen atoms in total. The number of hydrogen-bond donors (Lipinski definition) is 0. The first-order chi connectivity index (χ1) is 25.8. The molecule has 0 unspecified atom stereocenters. The summed E-state index contributed by atoms with van der Waals surface area (Å²) in [6, 6.07) is 73.8. The number of nitrogens with zero attached hydrogens (tertiary/aromatic N) is 1. The zero-order valence-corrected chi connectivity index (χ0v) is 30.2. The van der Waals surface area contributed by atoms with E-state index >= 15 is 0 Å². The molecule has 52 heavy (non-hydrogen) atoms. The largest absolute Gasteiger partial charge is 0.311 e. The van der Waals surface area contributed by atoms with E-state index in [4.69, 9.17) is 0 Å². The van der Waals surface area contributed by atoms with Crippen molar-refractivity contribution in [3.8, 4) is 22.3 Å². The van der Waals surface area contributed by atoms with Crippen LogP contribution in [0.5, 0.6) is 0 Å². The first-order valence-electron chi connectivity index (χ1n) is 17.8. The van der Waals surface area contributed by atoms with Crippen molar-refractivity contribution in [2.24, 2.45) is 0 Å². The lowest BCUT2D eigenvalue weighted by Gasteiger charge is -2.46. The van der Waals surface area contributed by atoms with Crippen LogP contribution in [0.15, 0.2) is 210 Å². The lowest BCUT2D eigenvalue weighted by Crippen LogP contribution is -2.51. The summed E-state index contributed by atoms with van der Waals surface area (Å²) >= 11 is 1.89. The van der Waals surface area contributed by atoms with Crippen LogP contribution in [-0.2, 0) is 5.41 Å². The third-order valence-corrected chi connectivity index (χ3v) is 13.2. The Kier molecular flexibility index (Phi) is 7.56. The van der Waals surface area contributed by atoms with Crippen molar-refractivity contribution in [3.63, 3.8) is 0 Å². The summed E-state index contributed by atoms with van der Waals surface area (Å²) in [5.41, 5.74) is 13.4. The Morgan fingerprint density at radius 1 is 0.365 bits per heavy atom. The Balaban J connectivity index is 1.22. The molecule has 2 heterocycles. The molecule has 3 heteroatoms. The van der Waals surface area contributed by atoms with Gasteiger partial charge in [0.25, 0.3) is 0 Å². The maximum atomic E-state index is 2.48. The molecule has 0 saturated carbocycles. The molecule has 0 aromatic heterocycles. The molecule has 2 radical (unpaired) electrons. The van der Waals surface area contributed by atoms with E-state index in [1.807, 2.05) is 11.8 Å². The molecule has 2 aliphatic heterocycles. The van der Waals surface area contributed by atoms with Gasteiger partial charge in [0.2, 0.25) is 0 Å². The fraction of sp³-hybridized carbons (Fsp3) is 0.0204. The second kappa shape index (κ2) is 12.7. The van der Waals surface area contributed by atoms with Crippen LogP contribution in [-0.4, -0.2) is 9.52 Å². The van der Waals surface area contributed by atoms with Gasteiger partial charge < -0.3 is 4.90 Å². The summed E-state index contributed by atoms with van der Waals surface area (Å²) in [6.07, 6.45) is 0. The molecule has 8 aromatic carbocycles. The summed E-state index contributed by atoms with van der Waals surface area (Å²) in [5.74, 6) is 0. The summed E-state index contributed by atoms with van der Waals surface area (Å²) in [6.45, 7) is 0. The molecule has 0 aliphatic carbocycles. The molecule has 244 valence electrons. The van der Waals surface area contributed by atoms with Gasteiger partial charge in [-0.05, 0) is 92.2 Å². The van der Waals surface area contributed by atoms with Crippen LogP contribution < -0.4 is 15.3 Å². The second-order valence-electron chi connectivity index (χ2n) is 13.4. The lowest BCUT2D eigenvalue weighted by atomic mass is 9.64. The van der Waals surface area contributed by atoms with Crippen LogP contribution in [0.2, 0.25) is 0 Å². The van der Waals surface area contributed by atoms with Gasteiger partial charge in [-0.25, -0.2) is 0 Å². The van der Waals surface area contributed by atoms with Gasteiger partial charge in [0.05, 0.1) is 5.41 Å². The van der Waals surface area contributed by atoms with Gasteiger partial charge in [-0.2, -0.15) is 0 Å². The van der Waals surface area contributed by atoms with Crippen molar-refractivity contribution in [1.82, 2.24) is 0 Å². The van der Waals surface area contributed by atoms with E-state index in [0.29, 0.717) is 9.52 Å². The average Bonchev–Trinajstić information content (AvgIpc) is 3.22. The number of rotatable bonds is 5. The maximum absolute atomic E-state index is 2.48. The van der Waals surface area contributed by atoms with Gasteiger partial charge in [-0.1, -0.05) is 175 Å². The first kappa shape index (κ1) is 30.9. The van der Waals surface area contributed by atoms with E-state index in [9.17, 15) is 0 Å². The lowest BCUT2D eigenvalue weighted by molar-refractivity contribution is 0.708. The molecule has 10 rings (SSSR count). The van der Waals surface area contributed by atoms with Gasteiger partial charge in [0, 0.05) is 26.9 Å². The molecule has 0 bridgehead atoms. The molecule has 0 saturated heterocycles. The summed E-state index contributed by atoms with van der Waals surface area (Å²) in [7, 11) is 0.500. The van der Waals surface area contributed by atoms with Crippen LogP contribution >= 0.6 is 11.8 Å². The van der Waals surface area contributed by atoms with Crippen LogP contribution in [0.1, 0.15) is 22.3 Å².